The van der Waals surface area contributed by atoms with Crippen LogP contribution in [0.5, 0.6) is 0 Å². The fourth-order valence-electron chi connectivity index (χ4n) is 1.52. The summed E-state index contributed by atoms with van der Waals surface area (Å²) in [6.45, 7) is 1.85. The summed E-state index contributed by atoms with van der Waals surface area (Å²) < 4.78 is 0. The third-order valence-electron chi connectivity index (χ3n) is 2.44. The molecule has 0 saturated heterocycles. The van der Waals surface area contributed by atoms with Gasteiger partial charge in [-0.05, 0) is 17.9 Å². The van der Waals surface area contributed by atoms with Crippen LogP contribution in [0.2, 0.25) is 0 Å². The number of H-pyrrole nitrogens is 1. The highest BCUT2D eigenvalue weighted by Crippen LogP contribution is 2.12. The Morgan fingerprint density at radius 3 is 2.76 bits per heavy atom. The number of hydrogen-bond acceptors (Lipinski definition) is 5. The number of anilines is 1. The normalized spacial score (nSPS) is 10.1. The maximum Gasteiger partial charge on any atom is 0.251 e. The van der Waals surface area contributed by atoms with E-state index in [-0.39, 0.29) is 24.3 Å². The van der Waals surface area contributed by atoms with Gasteiger partial charge in [0, 0.05) is 5.56 Å². The van der Waals surface area contributed by atoms with Crippen molar-refractivity contribution in [2.24, 2.45) is 0 Å². The van der Waals surface area contributed by atoms with Crippen LogP contribution in [0.25, 0.3) is 0 Å². The van der Waals surface area contributed by atoms with Crippen LogP contribution >= 0.6 is 11.8 Å². The summed E-state index contributed by atoms with van der Waals surface area (Å²) in [6, 6.07) is 8.70. The summed E-state index contributed by atoms with van der Waals surface area (Å²) in [5, 5.41) is 12.2. The first-order chi connectivity index (χ1) is 10.2. The first kappa shape index (κ1) is 15.0. The zero-order valence-electron chi connectivity index (χ0n) is 11.4. The molecule has 2 rings (SSSR count). The van der Waals surface area contributed by atoms with Crippen molar-refractivity contribution in [2.75, 3.05) is 17.6 Å². The van der Waals surface area contributed by atoms with Crippen molar-refractivity contribution in [3.63, 3.8) is 0 Å². The van der Waals surface area contributed by atoms with Gasteiger partial charge in [-0.2, -0.15) is 4.98 Å². The lowest BCUT2D eigenvalue weighted by atomic mass is 10.2. The molecule has 0 aliphatic carbocycles. The van der Waals surface area contributed by atoms with E-state index in [1.54, 1.807) is 24.3 Å². The molecule has 1 heterocycles. The second-order valence-corrected chi connectivity index (χ2v) is 5.23. The second kappa shape index (κ2) is 7.44. The van der Waals surface area contributed by atoms with Crippen LogP contribution in [0.4, 0.5) is 5.95 Å². The zero-order valence-corrected chi connectivity index (χ0v) is 12.2. The van der Waals surface area contributed by atoms with Crippen LogP contribution in [0.3, 0.4) is 0 Å². The van der Waals surface area contributed by atoms with Crippen LogP contribution in [0.1, 0.15) is 17.3 Å². The highest BCUT2D eigenvalue weighted by molar-refractivity contribution is 7.99. The molecule has 8 heteroatoms. The average Bonchev–Trinajstić information content (AvgIpc) is 2.93. The number of amides is 2. The van der Waals surface area contributed by atoms with Gasteiger partial charge >= 0.3 is 0 Å². The Labute approximate surface area is 125 Å². The lowest BCUT2D eigenvalue weighted by molar-refractivity contribution is -0.115. The SMILES string of the molecule is CCSc1n[nH]c(NC(=O)CNC(=O)c2ccccc2)n1. The number of carbonyl (C=O) groups excluding carboxylic acids is 2. The van der Waals surface area contributed by atoms with Crippen molar-refractivity contribution in [3.05, 3.63) is 35.9 Å². The molecule has 21 heavy (non-hydrogen) atoms. The number of nitrogens with one attached hydrogen (secondary N) is 3. The first-order valence-electron chi connectivity index (χ1n) is 6.37. The zero-order chi connectivity index (χ0) is 15.1. The van der Waals surface area contributed by atoms with Gasteiger partial charge in [0.25, 0.3) is 5.91 Å². The second-order valence-electron chi connectivity index (χ2n) is 4.00. The molecule has 0 fully saturated rings. The molecule has 0 radical (unpaired) electrons. The quantitative estimate of drug-likeness (QED) is 0.698. The maximum atomic E-state index is 11.8. The number of aromatic nitrogens is 3. The number of rotatable bonds is 6. The fourth-order valence-corrected chi connectivity index (χ4v) is 2.05. The standard InChI is InChI=1S/C13H15N5O2S/c1-2-21-13-16-12(17-18-13)15-10(19)8-14-11(20)9-6-4-3-5-7-9/h3-7H,2,8H2,1H3,(H,14,20)(H2,15,16,17,18,19). The van der Waals surface area contributed by atoms with E-state index < -0.39 is 0 Å². The van der Waals surface area contributed by atoms with Gasteiger partial charge in [-0.15, -0.1) is 5.10 Å². The van der Waals surface area contributed by atoms with Crippen molar-refractivity contribution in [3.8, 4) is 0 Å². The third-order valence-corrected chi connectivity index (χ3v) is 3.17. The molecule has 0 aliphatic heterocycles. The van der Waals surface area contributed by atoms with E-state index in [4.69, 9.17) is 0 Å². The predicted molar refractivity (Wildman–Crippen MR) is 80.2 cm³/mol. The van der Waals surface area contributed by atoms with Crippen molar-refractivity contribution in [1.82, 2.24) is 20.5 Å². The van der Waals surface area contributed by atoms with E-state index in [1.807, 2.05) is 13.0 Å². The molecule has 0 bridgehead atoms. The first-order valence-corrected chi connectivity index (χ1v) is 7.36. The maximum absolute atomic E-state index is 11.8. The van der Waals surface area contributed by atoms with Gasteiger partial charge in [-0.1, -0.05) is 36.9 Å². The topological polar surface area (TPSA) is 99.8 Å². The summed E-state index contributed by atoms with van der Waals surface area (Å²) in [5.74, 6) is 0.442. The highest BCUT2D eigenvalue weighted by atomic mass is 32.2. The lowest BCUT2D eigenvalue weighted by Crippen LogP contribution is -2.33. The third kappa shape index (κ3) is 4.60. The number of carbonyl (C=O) groups is 2. The molecule has 0 spiro atoms. The van der Waals surface area contributed by atoms with E-state index in [1.165, 1.54) is 11.8 Å². The van der Waals surface area contributed by atoms with Crippen molar-refractivity contribution in [2.45, 2.75) is 12.1 Å². The number of aromatic amines is 1. The molecule has 1 aromatic carbocycles. The summed E-state index contributed by atoms with van der Waals surface area (Å²) in [6.07, 6.45) is 0. The molecule has 0 atom stereocenters. The number of benzene rings is 1. The summed E-state index contributed by atoms with van der Waals surface area (Å²) in [4.78, 5) is 27.5. The van der Waals surface area contributed by atoms with Crippen LogP contribution in [-0.2, 0) is 4.79 Å². The Bertz CT molecular complexity index is 614. The van der Waals surface area contributed by atoms with Crippen LogP contribution in [-0.4, -0.2) is 39.3 Å². The average molecular weight is 305 g/mol. The molecule has 3 N–H and O–H groups in total. The Kier molecular flexibility index (Phi) is 5.33. The Hall–Kier alpha value is -2.35. The number of hydrogen-bond donors (Lipinski definition) is 3. The number of thioether (sulfide) groups is 1. The molecule has 0 saturated carbocycles. The minimum atomic E-state index is -0.372. The Morgan fingerprint density at radius 2 is 2.05 bits per heavy atom. The Morgan fingerprint density at radius 1 is 1.29 bits per heavy atom. The fraction of sp³-hybridized carbons (Fsp3) is 0.231. The van der Waals surface area contributed by atoms with Crippen molar-refractivity contribution < 1.29 is 9.59 Å². The molecular weight excluding hydrogens is 290 g/mol. The minimum Gasteiger partial charge on any atom is -0.343 e. The van der Waals surface area contributed by atoms with Gasteiger partial charge in [-0.25, -0.2) is 5.10 Å². The van der Waals surface area contributed by atoms with E-state index in [0.717, 1.165) is 5.75 Å². The van der Waals surface area contributed by atoms with Gasteiger partial charge in [-0.3, -0.25) is 14.9 Å². The van der Waals surface area contributed by atoms with Gasteiger partial charge in [0.1, 0.15) is 0 Å². The molecular formula is C13H15N5O2S. The Balaban J connectivity index is 1.80. The van der Waals surface area contributed by atoms with Gasteiger partial charge < -0.3 is 5.32 Å². The molecule has 2 aromatic rings. The molecule has 7 nitrogen and oxygen atoms in total. The minimum absolute atomic E-state index is 0.134. The lowest BCUT2D eigenvalue weighted by Gasteiger charge is -2.04. The van der Waals surface area contributed by atoms with E-state index in [0.29, 0.717) is 10.7 Å². The van der Waals surface area contributed by atoms with Gasteiger partial charge in [0.2, 0.25) is 17.0 Å². The molecule has 2 amide bonds. The number of nitrogens with zero attached hydrogens (tertiary/aromatic N) is 2. The monoisotopic (exact) mass is 305 g/mol. The summed E-state index contributed by atoms with van der Waals surface area (Å²) in [5.41, 5.74) is 0.506. The largest absolute Gasteiger partial charge is 0.343 e. The summed E-state index contributed by atoms with van der Waals surface area (Å²) in [7, 11) is 0. The highest BCUT2D eigenvalue weighted by Gasteiger charge is 2.10. The summed E-state index contributed by atoms with van der Waals surface area (Å²) >= 11 is 1.46. The van der Waals surface area contributed by atoms with Crippen LogP contribution in [0, 0.1) is 0 Å². The van der Waals surface area contributed by atoms with Crippen LogP contribution < -0.4 is 10.6 Å². The van der Waals surface area contributed by atoms with Crippen molar-refractivity contribution in [1.29, 1.82) is 0 Å². The predicted octanol–water partition coefficient (Wildman–Crippen LogP) is 1.29. The molecule has 0 unspecified atom stereocenters. The van der Waals surface area contributed by atoms with Crippen LogP contribution in [0.15, 0.2) is 35.5 Å². The molecule has 0 aliphatic rings. The van der Waals surface area contributed by atoms with Crippen molar-refractivity contribution >= 4 is 29.5 Å². The smallest absolute Gasteiger partial charge is 0.251 e. The van der Waals surface area contributed by atoms with Gasteiger partial charge in [0.15, 0.2) is 0 Å². The molecule has 110 valence electrons. The van der Waals surface area contributed by atoms with E-state index >= 15 is 0 Å². The van der Waals surface area contributed by atoms with E-state index in [9.17, 15) is 9.59 Å². The molecule has 1 aromatic heterocycles. The van der Waals surface area contributed by atoms with Gasteiger partial charge in [0.05, 0.1) is 6.54 Å². The van der Waals surface area contributed by atoms with E-state index in [2.05, 4.69) is 25.8 Å².